The number of amides is 1. The minimum atomic E-state index is -4.79. The highest BCUT2D eigenvalue weighted by Crippen LogP contribution is 2.58. The number of carbonyl (C=O) groups excluding carboxylic acids is 1. The third-order valence-corrected chi connectivity index (χ3v) is 7.75. The van der Waals surface area contributed by atoms with E-state index in [1.54, 1.807) is 17.7 Å². The molecule has 1 saturated heterocycles. The van der Waals surface area contributed by atoms with Gasteiger partial charge < -0.3 is 0 Å². The number of halogens is 4. The van der Waals surface area contributed by atoms with Crippen molar-refractivity contribution in [2.75, 3.05) is 19.3 Å². The maximum atomic E-state index is 17.6. The summed E-state index contributed by atoms with van der Waals surface area (Å²) >= 11 is 0. The van der Waals surface area contributed by atoms with Gasteiger partial charge in [-0.05, 0) is 37.5 Å². The van der Waals surface area contributed by atoms with Crippen LogP contribution >= 0.6 is 0 Å². The zero-order valence-electron chi connectivity index (χ0n) is 19.8. The fraction of sp³-hybridized carbons (Fsp3) is 0.440. The van der Waals surface area contributed by atoms with E-state index in [1.165, 1.54) is 54.8 Å². The summed E-state index contributed by atoms with van der Waals surface area (Å²) in [6.07, 6.45) is 3.57. The lowest BCUT2D eigenvalue weighted by atomic mass is 9.66. The van der Waals surface area contributed by atoms with Crippen molar-refractivity contribution in [3.05, 3.63) is 71.8 Å². The molecule has 0 aromatic heterocycles. The molecule has 36 heavy (non-hydrogen) atoms. The minimum absolute atomic E-state index is 0.0374. The molecule has 0 bridgehead atoms. The molecule has 4 rings (SSSR count). The predicted molar refractivity (Wildman–Crippen MR) is 129 cm³/mol. The molecule has 4 unspecified atom stereocenters. The molecule has 0 radical (unpaired) electrons. The number of likely N-dealkylation sites (tertiary alicyclic amines) is 1. The van der Waals surface area contributed by atoms with Gasteiger partial charge in [0.25, 0.3) is 0 Å². The lowest BCUT2D eigenvalue weighted by molar-refractivity contribution is -0.249. The van der Waals surface area contributed by atoms with Crippen LogP contribution in [0.2, 0.25) is 0 Å². The molecule has 0 saturated carbocycles. The van der Waals surface area contributed by atoms with E-state index in [0.29, 0.717) is 5.57 Å². The number of dihydropyridines is 1. The molecular formula is C25H27F4N3O3S. The number of alkyl halides is 4. The van der Waals surface area contributed by atoms with E-state index in [2.05, 4.69) is 4.99 Å². The van der Waals surface area contributed by atoms with Crippen molar-refractivity contribution in [3.8, 4) is 0 Å². The van der Waals surface area contributed by atoms with Gasteiger partial charge in [0.1, 0.15) is 5.54 Å². The van der Waals surface area contributed by atoms with Crippen LogP contribution in [0.4, 0.5) is 17.6 Å². The van der Waals surface area contributed by atoms with Crippen LogP contribution in [0, 0.1) is 5.92 Å². The summed E-state index contributed by atoms with van der Waals surface area (Å²) in [4.78, 5) is 18.3. The van der Waals surface area contributed by atoms with Gasteiger partial charge in [-0.25, -0.2) is 12.8 Å². The van der Waals surface area contributed by atoms with Crippen molar-refractivity contribution in [1.82, 2.24) is 9.62 Å². The van der Waals surface area contributed by atoms with Gasteiger partial charge >= 0.3 is 6.18 Å². The first-order valence-electron chi connectivity index (χ1n) is 11.4. The Hall–Kier alpha value is -2.79. The molecule has 1 aromatic carbocycles. The van der Waals surface area contributed by atoms with Crippen LogP contribution in [0.3, 0.4) is 0 Å². The molecule has 1 N–H and O–H groups in total. The van der Waals surface area contributed by atoms with Gasteiger partial charge in [0, 0.05) is 12.8 Å². The molecule has 2 heterocycles. The fourth-order valence-corrected chi connectivity index (χ4v) is 6.18. The van der Waals surface area contributed by atoms with Crippen molar-refractivity contribution in [3.63, 3.8) is 0 Å². The van der Waals surface area contributed by atoms with Crippen LogP contribution in [0.5, 0.6) is 0 Å². The maximum absolute atomic E-state index is 17.6. The highest BCUT2D eigenvalue weighted by atomic mass is 32.2. The molecule has 3 aliphatic rings. The van der Waals surface area contributed by atoms with Gasteiger partial charge in [-0.1, -0.05) is 54.1 Å². The number of carbonyl (C=O) groups is 1. The Morgan fingerprint density at radius 2 is 1.89 bits per heavy atom. The Morgan fingerprint density at radius 1 is 1.19 bits per heavy atom. The van der Waals surface area contributed by atoms with Crippen LogP contribution in [0.25, 0.3) is 0 Å². The van der Waals surface area contributed by atoms with E-state index in [4.69, 9.17) is 0 Å². The first-order chi connectivity index (χ1) is 16.8. The van der Waals surface area contributed by atoms with Crippen LogP contribution in [0.1, 0.15) is 25.3 Å². The molecule has 4 atom stereocenters. The molecular weight excluding hydrogens is 498 g/mol. The molecule has 194 valence electrons. The summed E-state index contributed by atoms with van der Waals surface area (Å²) in [6, 6.07) is 7.35. The van der Waals surface area contributed by atoms with Gasteiger partial charge in [-0.3, -0.25) is 19.4 Å². The van der Waals surface area contributed by atoms with E-state index in [0.717, 1.165) is 17.2 Å². The first-order valence-corrected chi connectivity index (χ1v) is 13.3. The Labute approximate surface area is 207 Å². The molecule has 0 spiro atoms. The molecule has 1 fully saturated rings. The Morgan fingerprint density at radius 3 is 2.47 bits per heavy atom. The van der Waals surface area contributed by atoms with Gasteiger partial charge in [0.05, 0.1) is 24.3 Å². The first kappa shape index (κ1) is 26.3. The summed E-state index contributed by atoms with van der Waals surface area (Å²) in [5, 5.41) is 0. The SMILES string of the molecule is CC1=CC(C(=O)NS(C)(=O)=O)C(F)(C2(N3CCCC3(c3ccccc3)C(F)(F)F)C=CC=NC2)C=C1. The number of benzene rings is 1. The van der Waals surface area contributed by atoms with Gasteiger partial charge in [-0.2, -0.15) is 13.2 Å². The smallest absolute Gasteiger partial charge is 0.291 e. The van der Waals surface area contributed by atoms with Gasteiger partial charge in [-0.15, -0.1) is 0 Å². The second kappa shape index (κ2) is 8.95. The summed E-state index contributed by atoms with van der Waals surface area (Å²) < 4.78 is 88.3. The van der Waals surface area contributed by atoms with Crippen LogP contribution < -0.4 is 4.72 Å². The number of hydrogen-bond donors (Lipinski definition) is 1. The van der Waals surface area contributed by atoms with Crippen molar-refractivity contribution in [2.24, 2.45) is 10.9 Å². The van der Waals surface area contributed by atoms with E-state index in [-0.39, 0.29) is 24.9 Å². The number of allylic oxidation sites excluding steroid dienone is 3. The van der Waals surface area contributed by atoms with Crippen LogP contribution in [0.15, 0.2) is 71.3 Å². The lowest BCUT2D eigenvalue weighted by Gasteiger charge is -2.56. The van der Waals surface area contributed by atoms with E-state index in [1.807, 2.05) is 0 Å². The average Bonchev–Trinajstić information content (AvgIpc) is 3.28. The maximum Gasteiger partial charge on any atom is 0.411 e. The van der Waals surface area contributed by atoms with Crippen molar-refractivity contribution >= 4 is 22.1 Å². The summed E-state index contributed by atoms with van der Waals surface area (Å²) in [6.45, 7) is 1.08. The highest BCUT2D eigenvalue weighted by molar-refractivity contribution is 7.89. The number of nitrogens with one attached hydrogen (secondary N) is 1. The monoisotopic (exact) mass is 525 g/mol. The van der Waals surface area contributed by atoms with Crippen molar-refractivity contribution < 1.29 is 30.8 Å². The van der Waals surface area contributed by atoms with Gasteiger partial charge in [0.15, 0.2) is 5.67 Å². The fourth-order valence-electron chi connectivity index (χ4n) is 5.69. The van der Waals surface area contributed by atoms with Crippen molar-refractivity contribution in [2.45, 2.75) is 42.7 Å². The molecule has 1 aliphatic carbocycles. The molecule has 2 aliphatic heterocycles. The second-order valence-electron chi connectivity index (χ2n) is 9.48. The molecule has 1 aromatic rings. The number of nitrogens with zero attached hydrogens (tertiary/aromatic N) is 2. The summed E-state index contributed by atoms with van der Waals surface area (Å²) in [5.74, 6) is -2.89. The number of rotatable bonds is 5. The Kier molecular flexibility index (Phi) is 6.53. The third kappa shape index (κ3) is 4.11. The average molecular weight is 526 g/mol. The Bertz CT molecular complexity index is 1260. The number of aliphatic imine (C=N–C) groups is 1. The second-order valence-corrected chi connectivity index (χ2v) is 11.2. The van der Waals surface area contributed by atoms with E-state index in [9.17, 15) is 13.2 Å². The zero-order valence-corrected chi connectivity index (χ0v) is 20.6. The Balaban J connectivity index is 1.96. The normalized spacial score (nSPS) is 32.9. The van der Waals surface area contributed by atoms with E-state index >= 15 is 17.6 Å². The molecule has 6 nitrogen and oxygen atoms in total. The molecule has 11 heteroatoms. The third-order valence-electron chi connectivity index (χ3n) is 7.18. The van der Waals surface area contributed by atoms with E-state index < -0.39 is 51.3 Å². The highest BCUT2D eigenvalue weighted by Gasteiger charge is 2.70. The summed E-state index contributed by atoms with van der Waals surface area (Å²) in [7, 11) is -4.06. The zero-order chi connectivity index (χ0) is 26.4. The van der Waals surface area contributed by atoms with Gasteiger partial charge in [0.2, 0.25) is 15.9 Å². The van der Waals surface area contributed by atoms with Crippen molar-refractivity contribution in [1.29, 1.82) is 0 Å². The standard InChI is InChI=1S/C25H27F4N3O3S/c1-18-10-13-23(26,20(16-18)21(33)31-36(2,34)35)22(11-6-14-30-17-22)32-15-7-12-24(32,25(27,28)29)19-8-4-3-5-9-19/h3-6,8-11,13-14,16,20H,7,12,15,17H2,1-2H3,(H,31,33). The quantitative estimate of drug-likeness (QED) is 0.593. The van der Waals surface area contributed by atoms with Crippen LogP contribution in [-0.4, -0.2) is 62.2 Å². The number of sulfonamides is 1. The van der Waals surface area contributed by atoms with Crippen LogP contribution in [-0.2, 0) is 20.4 Å². The summed E-state index contributed by atoms with van der Waals surface area (Å²) in [5.41, 5.74) is -6.92. The lowest BCUT2D eigenvalue weighted by Crippen LogP contribution is -2.72. The minimum Gasteiger partial charge on any atom is -0.291 e. The topological polar surface area (TPSA) is 78.8 Å². The predicted octanol–water partition coefficient (Wildman–Crippen LogP) is 3.84. The largest absolute Gasteiger partial charge is 0.411 e. The molecule has 1 amide bonds. The number of hydrogen-bond acceptors (Lipinski definition) is 5.